The number of esters is 1. The van der Waals surface area contributed by atoms with E-state index in [0.29, 0.717) is 56.7 Å². The zero-order chi connectivity index (χ0) is 25.7. The van der Waals surface area contributed by atoms with Crippen molar-refractivity contribution < 1.29 is 37.3 Å². The summed E-state index contributed by atoms with van der Waals surface area (Å²) in [5.41, 5.74) is 3.07. The van der Waals surface area contributed by atoms with Crippen molar-refractivity contribution in [1.82, 2.24) is 4.90 Å². The summed E-state index contributed by atoms with van der Waals surface area (Å²) in [6, 6.07) is 8.86. The molecule has 3 heterocycles. The van der Waals surface area contributed by atoms with E-state index < -0.39 is 17.9 Å². The second kappa shape index (κ2) is 9.08. The zero-order valence-electron chi connectivity index (χ0n) is 19.8. The van der Waals surface area contributed by atoms with Gasteiger partial charge in [-0.2, -0.15) is 0 Å². The van der Waals surface area contributed by atoms with Gasteiger partial charge in [-0.3, -0.25) is 4.79 Å². The van der Waals surface area contributed by atoms with Crippen LogP contribution in [-0.4, -0.2) is 54.4 Å². The maximum atomic E-state index is 13.3. The molecular weight excluding hydrogens is 477 g/mol. The van der Waals surface area contributed by atoms with E-state index in [2.05, 4.69) is 9.64 Å². The number of likely N-dealkylation sites (tertiary alicyclic amines) is 1. The van der Waals surface area contributed by atoms with Crippen molar-refractivity contribution in [1.29, 1.82) is 0 Å². The number of rotatable bonds is 5. The Labute approximate surface area is 206 Å². The van der Waals surface area contributed by atoms with Gasteiger partial charge >= 0.3 is 12.3 Å². The van der Waals surface area contributed by atoms with Crippen LogP contribution in [0.3, 0.4) is 0 Å². The van der Waals surface area contributed by atoms with Crippen LogP contribution in [0.1, 0.15) is 52.4 Å². The van der Waals surface area contributed by atoms with Crippen LogP contribution in [0, 0.1) is 12.3 Å². The molecule has 3 aliphatic heterocycles. The molecule has 2 fully saturated rings. The van der Waals surface area contributed by atoms with Gasteiger partial charge in [0.15, 0.2) is 0 Å². The first-order valence-electron chi connectivity index (χ1n) is 11.9. The number of hydrogen-bond donors (Lipinski definition) is 1. The minimum atomic E-state index is -4.76. The lowest BCUT2D eigenvalue weighted by Crippen LogP contribution is -2.45. The van der Waals surface area contributed by atoms with Crippen molar-refractivity contribution in [3.05, 3.63) is 58.7 Å². The van der Waals surface area contributed by atoms with Crippen molar-refractivity contribution in [2.24, 2.45) is 5.41 Å². The third-order valence-corrected chi connectivity index (χ3v) is 7.71. The van der Waals surface area contributed by atoms with Crippen molar-refractivity contribution in [2.45, 2.75) is 45.3 Å². The maximum Gasteiger partial charge on any atom is 0.573 e. The summed E-state index contributed by atoms with van der Waals surface area (Å²) < 4.78 is 46.3. The molecule has 0 unspecified atom stereocenters. The third-order valence-electron chi connectivity index (χ3n) is 7.71. The number of fused-ring (bicyclic) bond motifs is 1. The van der Waals surface area contributed by atoms with E-state index in [4.69, 9.17) is 4.74 Å². The molecule has 1 amide bonds. The number of aliphatic hydroxyl groups excluding tert-OH is 1. The van der Waals surface area contributed by atoms with E-state index in [9.17, 15) is 27.9 Å². The van der Waals surface area contributed by atoms with E-state index >= 15 is 0 Å². The number of hydrogen-bond acceptors (Lipinski definition) is 6. The number of halogens is 3. The van der Waals surface area contributed by atoms with E-state index in [1.54, 1.807) is 17.0 Å². The number of ether oxygens (including phenoxy) is 2. The molecule has 0 aromatic heterocycles. The topological polar surface area (TPSA) is 79.3 Å². The molecule has 0 saturated carbocycles. The summed E-state index contributed by atoms with van der Waals surface area (Å²) in [5, 5.41) is 10.9. The molecule has 2 saturated heterocycles. The van der Waals surface area contributed by atoms with E-state index in [1.165, 1.54) is 24.3 Å². The van der Waals surface area contributed by atoms with Gasteiger partial charge in [0.1, 0.15) is 12.4 Å². The van der Waals surface area contributed by atoms with Crippen LogP contribution >= 0.6 is 0 Å². The Kier molecular flexibility index (Phi) is 6.20. The number of anilines is 1. The molecule has 1 N–H and O–H groups in total. The first-order valence-corrected chi connectivity index (χ1v) is 11.9. The highest BCUT2D eigenvalue weighted by atomic mass is 19.4. The molecule has 3 aliphatic rings. The number of amides is 1. The maximum absolute atomic E-state index is 13.3. The number of alkyl halides is 3. The van der Waals surface area contributed by atoms with Gasteiger partial charge in [0.25, 0.3) is 0 Å². The van der Waals surface area contributed by atoms with Crippen LogP contribution in [0.15, 0.2) is 36.4 Å². The molecule has 7 nitrogen and oxygen atoms in total. The van der Waals surface area contributed by atoms with Crippen molar-refractivity contribution in [3.63, 3.8) is 0 Å². The number of benzene rings is 2. The fourth-order valence-corrected chi connectivity index (χ4v) is 5.59. The first kappa shape index (κ1) is 24.6. The number of β-amino-alcohol motifs (C(OH)–C–C–N with tert-alkyl or cyclic N) is 1. The normalized spacial score (nSPS) is 20.5. The Bertz CT molecular complexity index is 1170. The summed E-state index contributed by atoms with van der Waals surface area (Å²) in [7, 11) is 0. The summed E-state index contributed by atoms with van der Waals surface area (Å²) >= 11 is 0. The fraction of sp³-hybridized carbons (Fsp3) is 0.462. The third kappa shape index (κ3) is 4.55. The highest BCUT2D eigenvalue weighted by molar-refractivity contribution is 6.00. The fourth-order valence-electron chi connectivity index (χ4n) is 5.59. The van der Waals surface area contributed by atoms with Gasteiger partial charge < -0.3 is 24.4 Å². The molecule has 1 spiro atoms. The van der Waals surface area contributed by atoms with Crippen molar-refractivity contribution in [2.75, 3.05) is 31.1 Å². The lowest BCUT2D eigenvalue weighted by atomic mass is 9.77. The quantitative estimate of drug-likeness (QED) is 0.618. The van der Waals surface area contributed by atoms with Crippen LogP contribution < -0.4 is 9.64 Å². The highest BCUT2D eigenvalue weighted by Crippen LogP contribution is 2.43. The first-order chi connectivity index (χ1) is 17.1. The molecule has 192 valence electrons. The summed E-state index contributed by atoms with van der Waals surface area (Å²) in [4.78, 5) is 28.9. The lowest BCUT2D eigenvalue weighted by molar-refractivity contribution is -0.274. The molecule has 2 aromatic rings. The zero-order valence-corrected chi connectivity index (χ0v) is 19.8. The summed E-state index contributed by atoms with van der Waals surface area (Å²) in [6.07, 6.45) is -3.51. The largest absolute Gasteiger partial charge is 0.573 e. The van der Waals surface area contributed by atoms with E-state index in [1.807, 2.05) is 6.92 Å². The Hall–Kier alpha value is -3.11. The molecule has 1 atom stereocenters. The van der Waals surface area contributed by atoms with Gasteiger partial charge in [-0.05, 0) is 80.7 Å². The predicted octanol–water partition coefficient (Wildman–Crippen LogP) is 4.12. The van der Waals surface area contributed by atoms with Crippen LogP contribution in [0.25, 0.3) is 0 Å². The van der Waals surface area contributed by atoms with Crippen LogP contribution in [-0.2, 0) is 16.1 Å². The molecule has 10 heteroatoms. The lowest BCUT2D eigenvalue weighted by Gasteiger charge is -2.38. The van der Waals surface area contributed by atoms with Crippen molar-refractivity contribution >= 4 is 17.6 Å². The van der Waals surface area contributed by atoms with Gasteiger partial charge in [0, 0.05) is 24.3 Å². The Morgan fingerprint density at radius 2 is 1.72 bits per heavy atom. The second-order valence-corrected chi connectivity index (χ2v) is 9.73. The average Bonchev–Trinajstić information content (AvgIpc) is 3.36. The number of nitrogens with zero attached hydrogens (tertiary/aromatic N) is 2. The number of carbonyl (C=O) groups excluding carboxylic acids is 2. The number of cyclic esters (lactones) is 1. The Morgan fingerprint density at radius 1 is 1.06 bits per heavy atom. The van der Waals surface area contributed by atoms with Gasteiger partial charge in [0.2, 0.25) is 5.91 Å². The summed E-state index contributed by atoms with van der Waals surface area (Å²) in [6.45, 7) is 4.35. The minimum Gasteiger partial charge on any atom is -0.457 e. The molecular formula is C26H27F3N2O5. The molecule has 0 bridgehead atoms. The molecule has 5 rings (SSSR count). The summed E-state index contributed by atoms with van der Waals surface area (Å²) in [5.74, 6) is -0.667. The smallest absolute Gasteiger partial charge is 0.457 e. The van der Waals surface area contributed by atoms with E-state index in [-0.39, 0.29) is 24.2 Å². The number of carbonyl (C=O) groups is 2. The molecule has 0 radical (unpaired) electrons. The van der Waals surface area contributed by atoms with Crippen molar-refractivity contribution in [3.8, 4) is 5.75 Å². The minimum absolute atomic E-state index is 0.00804. The monoisotopic (exact) mass is 504 g/mol. The van der Waals surface area contributed by atoms with Gasteiger partial charge in [-0.15, -0.1) is 13.2 Å². The SMILES string of the molecule is Cc1c([C@@H](O)CN2CCC3(CC2)CCN(c2ccc(OC(F)(F)F)cc2)C3=O)ccc2c1COC2=O. The van der Waals surface area contributed by atoms with Crippen LogP contribution in [0.2, 0.25) is 0 Å². The van der Waals surface area contributed by atoms with Gasteiger partial charge in [-0.25, -0.2) is 4.79 Å². The van der Waals surface area contributed by atoms with Crippen LogP contribution in [0.4, 0.5) is 18.9 Å². The van der Waals surface area contributed by atoms with Gasteiger partial charge in [0.05, 0.1) is 17.1 Å². The average molecular weight is 505 g/mol. The van der Waals surface area contributed by atoms with Crippen LogP contribution in [0.5, 0.6) is 5.75 Å². The van der Waals surface area contributed by atoms with Gasteiger partial charge in [-0.1, -0.05) is 6.07 Å². The molecule has 0 aliphatic carbocycles. The molecule has 36 heavy (non-hydrogen) atoms. The number of aliphatic hydroxyl groups is 1. The standard InChI is InChI=1S/C26H27F3N2O5/c1-16-19(6-7-20-21(16)15-35-23(20)33)22(32)14-30-11-8-25(9-12-30)10-13-31(24(25)34)17-2-4-18(5-3-17)36-26(27,28)29/h2-7,22,32H,8-15H2,1H3/t22-/m0/s1. The second-order valence-electron chi connectivity index (χ2n) is 9.73. The Morgan fingerprint density at radius 3 is 2.39 bits per heavy atom. The van der Waals surface area contributed by atoms with E-state index in [0.717, 1.165) is 16.7 Å². The highest BCUT2D eigenvalue weighted by Gasteiger charge is 2.48. The Balaban J connectivity index is 1.19. The predicted molar refractivity (Wildman–Crippen MR) is 123 cm³/mol. The number of piperidine rings is 1. The molecule has 2 aromatic carbocycles.